The lowest BCUT2D eigenvalue weighted by Gasteiger charge is -2.14. The van der Waals surface area contributed by atoms with Crippen molar-refractivity contribution < 1.29 is 0 Å². The molecule has 2 N–H and O–H groups in total. The summed E-state index contributed by atoms with van der Waals surface area (Å²) in [6.07, 6.45) is 1.77. The van der Waals surface area contributed by atoms with Gasteiger partial charge in [0.15, 0.2) is 0 Å². The molecule has 0 amide bonds. The quantitative estimate of drug-likeness (QED) is 0.699. The number of anilines is 1. The average Bonchev–Trinajstić information content (AvgIpc) is 2.39. The standard InChI is InChI=1S/C18H18N2.ClH/c1-11-8-13(3)18-15(9-11)17(16(19)10-20-18)14-7-5-4-6-12(14)2;/h4-10H,19H2,1-3H3;1H. The van der Waals surface area contributed by atoms with Crippen LogP contribution in [-0.2, 0) is 0 Å². The van der Waals surface area contributed by atoms with E-state index in [0.29, 0.717) is 0 Å². The molecule has 2 nitrogen and oxygen atoms in total. The lowest BCUT2D eigenvalue weighted by atomic mass is 9.94. The van der Waals surface area contributed by atoms with E-state index in [-0.39, 0.29) is 12.4 Å². The molecule has 0 aliphatic carbocycles. The maximum absolute atomic E-state index is 6.23. The van der Waals surface area contributed by atoms with Gasteiger partial charge in [0.1, 0.15) is 0 Å². The smallest absolute Gasteiger partial charge is 0.0739 e. The van der Waals surface area contributed by atoms with Gasteiger partial charge in [0.2, 0.25) is 0 Å². The number of fused-ring (bicyclic) bond motifs is 1. The number of pyridine rings is 1. The molecular formula is C18H19ClN2. The zero-order valence-corrected chi connectivity index (χ0v) is 13.3. The fourth-order valence-electron chi connectivity index (χ4n) is 2.83. The topological polar surface area (TPSA) is 38.9 Å². The third-order valence-corrected chi connectivity index (χ3v) is 3.75. The van der Waals surface area contributed by atoms with Crippen molar-refractivity contribution in [3.8, 4) is 11.1 Å². The number of benzene rings is 2. The van der Waals surface area contributed by atoms with Gasteiger partial charge in [-0.05, 0) is 43.5 Å². The van der Waals surface area contributed by atoms with Crippen molar-refractivity contribution in [3.05, 3.63) is 59.3 Å². The third-order valence-electron chi connectivity index (χ3n) is 3.75. The summed E-state index contributed by atoms with van der Waals surface area (Å²) in [7, 11) is 0. The van der Waals surface area contributed by atoms with Crippen LogP contribution < -0.4 is 5.73 Å². The number of aryl methyl sites for hydroxylation is 3. The van der Waals surface area contributed by atoms with E-state index in [9.17, 15) is 0 Å². The highest BCUT2D eigenvalue weighted by atomic mass is 35.5. The number of halogens is 1. The van der Waals surface area contributed by atoms with Crippen molar-refractivity contribution in [3.63, 3.8) is 0 Å². The Bertz CT molecular complexity index is 810. The summed E-state index contributed by atoms with van der Waals surface area (Å²) in [6, 6.07) is 12.7. The van der Waals surface area contributed by atoms with Crippen LogP contribution in [0.5, 0.6) is 0 Å². The van der Waals surface area contributed by atoms with E-state index in [1.807, 2.05) is 0 Å². The fraction of sp³-hybridized carbons (Fsp3) is 0.167. The fourth-order valence-corrected chi connectivity index (χ4v) is 2.83. The number of nitrogen functional groups attached to an aromatic ring is 1. The first kappa shape index (κ1) is 15.3. The Morgan fingerprint density at radius 1 is 0.952 bits per heavy atom. The van der Waals surface area contributed by atoms with Crippen LogP contribution in [0.1, 0.15) is 16.7 Å². The summed E-state index contributed by atoms with van der Waals surface area (Å²) in [5, 5.41) is 1.14. The van der Waals surface area contributed by atoms with Crippen LogP contribution in [0.3, 0.4) is 0 Å². The van der Waals surface area contributed by atoms with Crippen LogP contribution in [0.2, 0.25) is 0 Å². The third kappa shape index (κ3) is 2.59. The van der Waals surface area contributed by atoms with Crippen molar-refractivity contribution in [1.82, 2.24) is 4.98 Å². The van der Waals surface area contributed by atoms with Crippen LogP contribution in [-0.4, -0.2) is 4.98 Å². The van der Waals surface area contributed by atoms with Crippen molar-refractivity contribution in [1.29, 1.82) is 0 Å². The monoisotopic (exact) mass is 298 g/mol. The molecule has 21 heavy (non-hydrogen) atoms. The highest BCUT2D eigenvalue weighted by molar-refractivity contribution is 6.02. The van der Waals surface area contributed by atoms with Crippen molar-refractivity contribution in [2.75, 3.05) is 5.73 Å². The molecule has 3 aromatic rings. The van der Waals surface area contributed by atoms with Crippen molar-refractivity contribution in [2.45, 2.75) is 20.8 Å². The molecule has 2 aromatic carbocycles. The van der Waals surface area contributed by atoms with Crippen LogP contribution in [0.25, 0.3) is 22.0 Å². The molecule has 1 aromatic heterocycles. The molecule has 3 rings (SSSR count). The summed E-state index contributed by atoms with van der Waals surface area (Å²) in [4.78, 5) is 4.51. The molecule has 108 valence electrons. The highest BCUT2D eigenvalue weighted by Crippen LogP contribution is 2.36. The predicted molar refractivity (Wildman–Crippen MR) is 93.1 cm³/mol. The van der Waals surface area contributed by atoms with Gasteiger partial charge in [-0.2, -0.15) is 0 Å². The van der Waals surface area contributed by atoms with E-state index in [1.165, 1.54) is 22.3 Å². The first-order valence-corrected chi connectivity index (χ1v) is 6.79. The van der Waals surface area contributed by atoms with Gasteiger partial charge in [-0.25, -0.2) is 0 Å². The number of hydrogen-bond donors (Lipinski definition) is 1. The van der Waals surface area contributed by atoms with E-state index in [0.717, 1.165) is 22.2 Å². The predicted octanol–water partition coefficient (Wildman–Crippen LogP) is 4.83. The molecule has 0 fully saturated rings. The number of nitrogens with two attached hydrogens (primary N) is 1. The van der Waals surface area contributed by atoms with E-state index in [2.05, 4.69) is 62.2 Å². The van der Waals surface area contributed by atoms with Gasteiger partial charge in [0.05, 0.1) is 17.4 Å². The van der Waals surface area contributed by atoms with E-state index >= 15 is 0 Å². The molecule has 0 atom stereocenters. The van der Waals surface area contributed by atoms with Gasteiger partial charge >= 0.3 is 0 Å². The molecule has 0 spiro atoms. The zero-order chi connectivity index (χ0) is 14.3. The first-order chi connectivity index (χ1) is 9.58. The minimum Gasteiger partial charge on any atom is -0.397 e. The van der Waals surface area contributed by atoms with Gasteiger partial charge in [0, 0.05) is 10.9 Å². The van der Waals surface area contributed by atoms with E-state index < -0.39 is 0 Å². The molecule has 0 saturated carbocycles. The highest BCUT2D eigenvalue weighted by Gasteiger charge is 2.12. The van der Waals surface area contributed by atoms with Crippen LogP contribution in [0.15, 0.2) is 42.6 Å². The lowest BCUT2D eigenvalue weighted by Crippen LogP contribution is -1.97. The van der Waals surface area contributed by atoms with Gasteiger partial charge in [-0.3, -0.25) is 4.98 Å². The number of aromatic nitrogens is 1. The Kier molecular flexibility index (Phi) is 4.19. The molecule has 0 aliphatic rings. The molecule has 1 heterocycles. The summed E-state index contributed by atoms with van der Waals surface area (Å²) in [5.41, 5.74) is 13.9. The maximum Gasteiger partial charge on any atom is 0.0739 e. The second-order valence-corrected chi connectivity index (χ2v) is 5.38. The Morgan fingerprint density at radius 3 is 2.38 bits per heavy atom. The molecule has 0 unspecified atom stereocenters. The summed E-state index contributed by atoms with van der Waals surface area (Å²) >= 11 is 0. The molecular weight excluding hydrogens is 280 g/mol. The summed E-state index contributed by atoms with van der Waals surface area (Å²) in [6.45, 7) is 6.32. The Labute approximate surface area is 131 Å². The van der Waals surface area contributed by atoms with Crippen LogP contribution >= 0.6 is 12.4 Å². The second kappa shape index (κ2) is 5.74. The minimum absolute atomic E-state index is 0. The molecule has 0 saturated heterocycles. The lowest BCUT2D eigenvalue weighted by molar-refractivity contribution is 1.34. The Hall–Kier alpha value is -2.06. The van der Waals surface area contributed by atoms with Gasteiger partial charge in [0.25, 0.3) is 0 Å². The molecule has 3 heteroatoms. The van der Waals surface area contributed by atoms with Gasteiger partial charge in [-0.15, -0.1) is 12.4 Å². The number of rotatable bonds is 1. The minimum atomic E-state index is 0. The normalized spacial score (nSPS) is 10.4. The number of hydrogen-bond acceptors (Lipinski definition) is 2. The largest absolute Gasteiger partial charge is 0.397 e. The molecule has 0 bridgehead atoms. The number of nitrogens with zero attached hydrogens (tertiary/aromatic N) is 1. The van der Waals surface area contributed by atoms with E-state index in [1.54, 1.807) is 6.20 Å². The molecule has 0 aliphatic heterocycles. The van der Waals surface area contributed by atoms with Gasteiger partial charge in [-0.1, -0.05) is 35.9 Å². The Morgan fingerprint density at radius 2 is 1.67 bits per heavy atom. The zero-order valence-electron chi connectivity index (χ0n) is 12.5. The molecule has 0 radical (unpaired) electrons. The SMILES string of the molecule is Cc1cc(C)c2ncc(N)c(-c3ccccc3C)c2c1.Cl. The van der Waals surface area contributed by atoms with Crippen molar-refractivity contribution >= 4 is 29.0 Å². The second-order valence-electron chi connectivity index (χ2n) is 5.38. The van der Waals surface area contributed by atoms with Crippen LogP contribution in [0.4, 0.5) is 5.69 Å². The average molecular weight is 299 g/mol. The summed E-state index contributed by atoms with van der Waals surface area (Å²) < 4.78 is 0. The summed E-state index contributed by atoms with van der Waals surface area (Å²) in [5.74, 6) is 0. The Balaban J connectivity index is 0.00000161. The maximum atomic E-state index is 6.23. The van der Waals surface area contributed by atoms with Crippen molar-refractivity contribution in [2.24, 2.45) is 0 Å². The van der Waals surface area contributed by atoms with Crippen LogP contribution in [0, 0.1) is 20.8 Å². The first-order valence-electron chi connectivity index (χ1n) is 6.79. The van der Waals surface area contributed by atoms with Gasteiger partial charge < -0.3 is 5.73 Å². The van der Waals surface area contributed by atoms with E-state index in [4.69, 9.17) is 5.73 Å².